The molecule has 110 valence electrons. The molecule has 0 aromatic heterocycles. The van der Waals surface area contributed by atoms with Gasteiger partial charge in [-0.15, -0.1) is 0 Å². The van der Waals surface area contributed by atoms with Gasteiger partial charge < -0.3 is 15.8 Å². The zero-order valence-electron chi connectivity index (χ0n) is 12.1. The van der Waals surface area contributed by atoms with Crippen LogP contribution in [0.5, 0.6) is 0 Å². The van der Waals surface area contributed by atoms with Crippen molar-refractivity contribution >= 4 is 5.97 Å². The zero-order valence-corrected chi connectivity index (χ0v) is 12.1. The molecule has 2 rings (SSSR count). The highest BCUT2D eigenvalue weighted by atomic mass is 16.5. The smallest absolute Gasteiger partial charge is 0.308 e. The lowest BCUT2D eigenvalue weighted by molar-refractivity contribution is -0.149. The molecule has 0 aromatic rings. The van der Waals surface area contributed by atoms with Crippen molar-refractivity contribution in [3.63, 3.8) is 0 Å². The van der Waals surface area contributed by atoms with Gasteiger partial charge in [-0.1, -0.05) is 0 Å². The summed E-state index contributed by atoms with van der Waals surface area (Å²) in [5, 5.41) is 3.76. The third kappa shape index (κ3) is 4.46. The predicted molar refractivity (Wildman–Crippen MR) is 75.7 cm³/mol. The summed E-state index contributed by atoms with van der Waals surface area (Å²) in [5.74, 6) is 0.141. The highest BCUT2D eigenvalue weighted by Crippen LogP contribution is 2.27. The van der Waals surface area contributed by atoms with Crippen LogP contribution >= 0.6 is 0 Å². The van der Waals surface area contributed by atoms with Crippen LogP contribution < -0.4 is 11.1 Å². The Kier molecular flexibility index (Phi) is 5.64. The lowest BCUT2D eigenvalue weighted by Crippen LogP contribution is -2.44. The van der Waals surface area contributed by atoms with Crippen molar-refractivity contribution in [2.75, 3.05) is 6.61 Å². The fourth-order valence-electron chi connectivity index (χ4n) is 3.38. The van der Waals surface area contributed by atoms with Gasteiger partial charge in [0.15, 0.2) is 0 Å². The Balaban J connectivity index is 1.67. The minimum absolute atomic E-state index is 0.00425. The van der Waals surface area contributed by atoms with Crippen LogP contribution in [-0.4, -0.2) is 30.7 Å². The van der Waals surface area contributed by atoms with Crippen LogP contribution in [0, 0.1) is 5.92 Å². The van der Waals surface area contributed by atoms with E-state index in [-0.39, 0.29) is 11.9 Å². The maximum Gasteiger partial charge on any atom is 0.308 e. The Morgan fingerprint density at radius 3 is 2.11 bits per heavy atom. The minimum Gasteiger partial charge on any atom is -0.466 e. The van der Waals surface area contributed by atoms with Crippen molar-refractivity contribution in [1.82, 2.24) is 5.32 Å². The van der Waals surface area contributed by atoms with Gasteiger partial charge in [-0.2, -0.15) is 0 Å². The fraction of sp³-hybridized carbons (Fsp3) is 0.933. The lowest BCUT2D eigenvalue weighted by atomic mass is 9.84. The summed E-state index contributed by atoms with van der Waals surface area (Å²) in [6.07, 6.45) is 8.87. The standard InChI is InChI=1S/C15H28N2O2/c1-2-19-15(18)11-3-7-13(8-4-11)17-14-9-5-12(16)6-10-14/h11-14,17H,2-10,16H2,1H3. The van der Waals surface area contributed by atoms with E-state index in [1.807, 2.05) is 6.92 Å². The number of nitrogens with two attached hydrogens (primary N) is 1. The number of hydrogen-bond donors (Lipinski definition) is 2. The van der Waals surface area contributed by atoms with Crippen LogP contribution in [0.1, 0.15) is 58.3 Å². The van der Waals surface area contributed by atoms with Gasteiger partial charge in [0.1, 0.15) is 0 Å². The second-order valence-corrected chi connectivity index (χ2v) is 6.08. The molecule has 0 heterocycles. The van der Waals surface area contributed by atoms with Crippen LogP contribution in [-0.2, 0) is 9.53 Å². The van der Waals surface area contributed by atoms with E-state index in [4.69, 9.17) is 10.5 Å². The van der Waals surface area contributed by atoms with Gasteiger partial charge in [0.2, 0.25) is 0 Å². The van der Waals surface area contributed by atoms with Gasteiger partial charge in [0.25, 0.3) is 0 Å². The van der Waals surface area contributed by atoms with Crippen molar-refractivity contribution < 1.29 is 9.53 Å². The summed E-state index contributed by atoms with van der Waals surface area (Å²) in [6.45, 7) is 2.37. The molecule has 2 saturated carbocycles. The van der Waals surface area contributed by atoms with Crippen LogP contribution in [0.3, 0.4) is 0 Å². The first-order chi connectivity index (χ1) is 9.19. The van der Waals surface area contributed by atoms with Crippen molar-refractivity contribution in [3.8, 4) is 0 Å². The van der Waals surface area contributed by atoms with Crippen molar-refractivity contribution in [1.29, 1.82) is 0 Å². The molecule has 4 nitrogen and oxygen atoms in total. The Morgan fingerprint density at radius 2 is 1.58 bits per heavy atom. The van der Waals surface area contributed by atoms with E-state index in [2.05, 4.69) is 5.32 Å². The largest absolute Gasteiger partial charge is 0.466 e. The molecule has 0 aromatic carbocycles. The Labute approximate surface area is 116 Å². The van der Waals surface area contributed by atoms with Crippen LogP contribution in [0.4, 0.5) is 0 Å². The van der Waals surface area contributed by atoms with E-state index in [1.54, 1.807) is 0 Å². The molecule has 2 aliphatic rings. The second-order valence-electron chi connectivity index (χ2n) is 6.08. The molecule has 0 radical (unpaired) electrons. The predicted octanol–water partition coefficient (Wildman–Crippen LogP) is 1.97. The molecule has 0 spiro atoms. The first kappa shape index (κ1) is 14.8. The Bertz CT molecular complexity index is 280. The SMILES string of the molecule is CCOC(=O)C1CCC(NC2CCC(N)CC2)CC1. The molecule has 0 amide bonds. The number of rotatable bonds is 4. The van der Waals surface area contributed by atoms with E-state index in [1.165, 1.54) is 12.8 Å². The minimum atomic E-state index is 0.00425. The van der Waals surface area contributed by atoms with Crippen molar-refractivity contribution in [3.05, 3.63) is 0 Å². The molecule has 2 aliphatic carbocycles. The monoisotopic (exact) mass is 268 g/mol. The normalized spacial score (nSPS) is 35.9. The molecular formula is C15H28N2O2. The van der Waals surface area contributed by atoms with E-state index in [0.29, 0.717) is 24.7 Å². The molecule has 0 aliphatic heterocycles. The molecule has 0 unspecified atom stereocenters. The summed E-state index contributed by atoms with van der Waals surface area (Å²) in [5.41, 5.74) is 5.93. The van der Waals surface area contributed by atoms with Gasteiger partial charge >= 0.3 is 5.97 Å². The van der Waals surface area contributed by atoms with Crippen LogP contribution in [0.25, 0.3) is 0 Å². The van der Waals surface area contributed by atoms with E-state index >= 15 is 0 Å². The van der Waals surface area contributed by atoms with Crippen molar-refractivity contribution in [2.24, 2.45) is 11.7 Å². The maximum absolute atomic E-state index is 11.7. The number of ether oxygens (including phenoxy) is 1. The van der Waals surface area contributed by atoms with Crippen LogP contribution in [0.2, 0.25) is 0 Å². The summed E-state index contributed by atoms with van der Waals surface area (Å²) in [4.78, 5) is 11.7. The summed E-state index contributed by atoms with van der Waals surface area (Å²) >= 11 is 0. The third-order valence-corrected chi connectivity index (χ3v) is 4.59. The van der Waals surface area contributed by atoms with E-state index < -0.39 is 0 Å². The number of esters is 1. The Hall–Kier alpha value is -0.610. The molecule has 0 saturated heterocycles. The van der Waals surface area contributed by atoms with Gasteiger partial charge in [0, 0.05) is 18.1 Å². The highest BCUT2D eigenvalue weighted by Gasteiger charge is 2.29. The van der Waals surface area contributed by atoms with E-state index in [9.17, 15) is 4.79 Å². The fourth-order valence-corrected chi connectivity index (χ4v) is 3.38. The maximum atomic E-state index is 11.7. The highest BCUT2D eigenvalue weighted by molar-refractivity contribution is 5.72. The summed E-state index contributed by atoms with van der Waals surface area (Å²) in [7, 11) is 0. The summed E-state index contributed by atoms with van der Waals surface area (Å²) < 4.78 is 5.11. The second kappa shape index (κ2) is 7.25. The number of nitrogens with one attached hydrogen (secondary N) is 1. The van der Waals surface area contributed by atoms with Crippen LogP contribution in [0.15, 0.2) is 0 Å². The molecular weight excluding hydrogens is 240 g/mol. The van der Waals surface area contributed by atoms with Gasteiger partial charge in [0.05, 0.1) is 12.5 Å². The first-order valence-electron chi connectivity index (χ1n) is 7.87. The average molecular weight is 268 g/mol. The topological polar surface area (TPSA) is 64.3 Å². The lowest BCUT2D eigenvalue weighted by Gasteiger charge is -2.34. The molecule has 0 atom stereocenters. The summed E-state index contributed by atoms with van der Waals surface area (Å²) in [6, 6.07) is 1.64. The molecule has 4 heteroatoms. The molecule has 2 fully saturated rings. The Morgan fingerprint density at radius 1 is 1.05 bits per heavy atom. The van der Waals surface area contributed by atoms with Gasteiger partial charge in [-0.3, -0.25) is 4.79 Å². The number of carbonyl (C=O) groups is 1. The third-order valence-electron chi connectivity index (χ3n) is 4.59. The van der Waals surface area contributed by atoms with Crippen molar-refractivity contribution in [2.45, 2.75) is 76.4 Å². The van der Waals surface area contributed by atoms with Gasteiger partial charge in [-0.05, 0) is 58.3 Å². The molecule has 3 N–H and O–H groups in total. The first-order valence-corrected chi connectivity index (χ1v) is 7.87. The number of carbonyl (C=O) groups excluding carboxylic acids is 1. The quantitative estimate of drug-likeness (QED) is 0.765. The average Bonchev–Trinajstić information content (AvgIpc) is 2.42. The molecule has 19 heavy (non-hydrogen) atoms. The zero-order chi connectivity index (χ0) is 13.7. The van der Waals surface area contributed by atoms with E-state index in [0.717, 1.165) is 38.5 Å². The van der Waals surface area contributed by atoms with Gasteiger partial charge in [-0.25, -0.2) is 0 Å². The molecule has 0 bridgehead atoms. The number of hydrogen-bond acceptors (Lipinski definition) is 4.